The van der Waals surface area contributed by atoms with Crippen molar-refractivity contribution in [2.24, 2.45) is 0 Å². The minimum atomic E-state index is -0.547. The van der Waals surface area contributed by atoms with E-state index in [-0.39, 0.29) is 11.6 Å². The number of benzene rings is 1. The maximum Gasteiger partial charge on any atom is 0.289 e. The fraction of sp³-hybridized carbons (Fsp3) is 0.318. The van der Waals surface area contributed by atoms with Gasteiger partial charge in [-0.3, -0.25) is 24.8 Å². The van der Waals surface area contributed by atoms with Gasteiger partial charge in [0.25, 0.3) is 11.6 Å². The van der Waals surface area contributed by atoms with Crippen LogP contribution in [-0.4, -0.2) is 51.9 Å². The van der Waals surface area contributed by atoms with Crippen LogP contribution in [0.1, 0.15) is 28.9 Å². The number of likely N-dealkylation sites (tertiary alicyclic amines) is 1. The lowest BCUT2D eigenvalue weighted by molar-refractivity contribution is -0.385. The second-order valence-corrected chi connectivity index (χ2v) is 7.49. The largest absolute Gasteiger partial charge is 0.476 e. The monoisotopic (exact) mass is 421 g/mol. The Kier molecular flexibility index (Phi) is 6.03. The molecule has 0 saturated carbocycles. The Bertz CT molecular complexity index is 1130. The molecule has 0 unspecified atom stereocenters. The van der Waals surface area contributed by atoms with Crippen molar-refractivity contribution in [3.63, 3.8) is 0 Å². The minimum absolute atomic E-state index is 0.180. The van der Waals surface area contributed by atoms with Gasteiger partial charge in [-0.1, -0.05) is 0 Å². The fourth-order valence-corrected chi connectivity index (χ4v) is 3.56. The van der Waals surface area contributed by atoms with Gasteiger partial charge >= 0.3 is 0 Å². The molecule has 1 fully saturated rings. The molecule has 3 aromatic rings. The normalized spacial score (nSPS) is 14.0. The van der Waals surface area contributed by atoms with Crippen LogP contribution in [0.15, 0.2) is 42.6 Å². The van der Waals surface area contributed by atoms with Crippen molar-refractivity contribution in [1.82, 2.24) is 14.9 Å². The average molecular weight is 421 g/mol. The van der Waals surface area contributed by atoms with Crippen LogP contribution < -0.4 is 10.1 Å². The Labute approximate surface area is 179 Å². The lowest BCUT2D eigenvalue weighted by atomic mass is 10.1. The van der Waals surface area contributed by atoms with Gasteiger partial charge in [0, 0.05) is 29.6 Å². The van der Waals surface area contributed by atoms with E-state index < -0.39 is 4.92 Å². The Morgan fingerprint density at radius 1 is 1.23 bits per heavy atom. The van der Waals surface area contributed by atoms with E-state index >= 15 is 0 Å². The number of pyridine rings is 2. The summed E-state index contributed by atoms with van der Waals surface area (Å²) in [6.07, 6.45) is 3.67. The zero-order chi connectivity index (χ0) is 21.8. The predicted octanol–water partition coefficient (Wildman–Crippen LogP) is 3.57. The van der Waals surface area contributed by atoms with Crippen molar-refractivity contribution in [2.45, 2.75) is 19.8 Å². The van der Waals surface area contributed by atoms with Gasteiger partial charge in [0.05, 0.1) is 21.8 Å². The Morgan fingerprint density at radius 3 is 2.81 bits per heavy atom. The summed E-state index contributed by atoms with van der Waals surface area (Å²) < 4.78 is 5.78. The maximum atomic E-state index is 12.7. The molecule has 0 radical (unpaired) electrons. The molecule has 1 aromatic carbocycles. The first kappa shape index (κ1) is 20.7. The SMILES string of the molecule is Cc1ncc([N+](=O)[O-])cc1NC(=O)c1ccc2nc(OCCN3CCCC3)ccc2c1. The minimum Gasteiger partial charge on any atom is -0.476 e. The highest BCUT2D eigenvalue weighted by Gasteiger charge is 2.14. The molecule has 2 aromatic heterocycles. The molecule has 1 amide bonds. The third kappa shape index (κ3) is 4.95. The van der Waals surface area contributed by atoms with Crippen LogP contribution in [0.2, 0.25) is 0 Å². The average Bonchev–Trinajstić information content (AvgIpc) is 3.28. The van der Waals surface area contributed by atoms with Crippen molar-refractivity contribution in [1.29, 1.82) is 0 Å². The summed E-state index contributed by atoms with van der Waals surface area (Å²) in [7, 11) is 0. The van der Waals surface area contributed by atoms with E-state index in [1.54, 1.807) is 31.2 Å². The lowest BCUT2D eigenvalue weighted by Gasteiger charge is -2.14. The summed E-state index contributed by atoms with van der Waals surface area (Å²) in [4.78, 5) is 33.9. The zero-order valence-corrected chi connectivity index (χ0v) is 17.2. The first-order valence-electron chi connectivity index (χ1n) is 10.2. The maximum absolute atomic E-state index is 12.7. The molecule has 0 aliphatic carbocycles. The van der Waals surface area contributed by atoms with E-state index in [0.29, 0.717) is 29.4 Å². The van der Waals surface area contributed by atoms with E-state index in [1.165, 1.54) is 18.9 Å². The molecule has 4 rings (SSSR count). The number of amides is 1. The highest BCUT2D eigenvalue weighted by atomic mass is 16.6. The van der Waals surface area contributed by atoms with Crippen molar-refractivity contribution in [2.75, 3.05) is 31.6 Å². The Hall–Kier alpha value is -3.59. The number of fused-ring (bicyclic) bond motifs is 1. The quantitative estimate of drug-likeness (QED) is 0.458. The number of ether oxygens (including phenoxy) is 1. The van der Waals surface area contributed by atoms with E-state index in [9.17, 15) is 14.9 Å². The first-order valence-corrected chi connectivity index (χ1v) is 10.2. The van der Waals surface area contributed by atoms with Gasteiger partial charge in [-0.2, -0.15) is 0 Å². The summed E-state index contributed by atoms with van der Waals surface area (Å²) in [6.45, 7) is 5.42. The number of carbonyl (C=O) groups excluding carboxylic acids is 1. The summed E-state index contributed by atoms with van der Waals surface area (Å²) in [5.74, 6) is 0.181. The third-order valence-corrected chi connectivity index (χ3v) is 5.31. The summed E-state index contributed by atoms with van der Waals surface area (Å²) in [5, 5.41) is 14.5. The number of nitro groups is 1. The molecule has 0 atom stereocenters. The highest BCUT2D eigenvalue weighted by molar-refractivity contribution is 6.06. The molecule has 1 N–H and O–H groups in total. The van der Waals surface area contributed by atoms with Crippen LogP contribution in [0.3, 0.4) is 0 Å². The molecule has 31 heavy (non-hydrogen) atoms. The predicted molar refractivity (Wildman–Crippen MR) is 116 cm³/mol. The van der Waals surface area contributed by atoms with Crippen LogP contribution >= 0.6 is 0 Å². The molecule has 160 valence electrons. The summed E-state index contributed by atoms with van der Waals surface area (Å²) >= 11 is 0. The van der Waals surface area contributed by atoms with Gasteiger partial charge < -0.3 is 10.1 Å². The van der Waals surface area contributed by atoms with Crippen LogP contribution in [0.25, 0.3) is 10.9 Å². The lowest BCUT2D eigenvalue weighted by Crippen LogP contribution is -2.25. The molecule has 9 heteroatoms. The highest BCUT2D eigenvalue weighted by Crippen LogP contribution is 2.22. The molecule has 9 nitrogen and oxygen atoms in total. The number of nitrogens with zero attached hydrogens (tertiary/aromatic N) is 4. The number of hydrogen-bond acceptors (Lipinski definition) is 7. The summed E-state index contributed by atoms with van der Waals surface area (Å²) in [5.41, 5.74) is 1.77. The third-order valence-electron chi connectivity index (χ3n) is 5.31. The zero-order valence-electron chi connectivity index (χ0n) is 17.2. The van der Waals surface area contributed by atoms with Gasteiger partial charge in [0.1, 0.15) is 12.8 Å². The number of aromatic nitrogens is 2. The number of anilines is 1. The van der Waals surface area contributed by atoms with Crippen molar-refractivity contribution in [3.8, 4) is 5.88 Å². The number of carbonyl (C=O) groups is 1. The standard InChI is InChI=1S/C22H23N5O4/c1-15-20(13-18(14-23-15)27(29)30)25-22(28)17-4-6-19-16(12-17)5-7-21(24-19)31-11-10-26-8-2-3-9-26/h4-7,12-14H,2-3,8-11H2,1H3,(H,25,28). The second-order valence-electron chi connectivity index (χ2n) is 7.49. The number of aryl methyl sites for hydroxylation is 1. The molecule has 1 saturated heterocycles. The molecule has 0 spiro atoms. The topological polar surface area (TPSA) is 110 Å². The van der Waals surface area contributed by atoms with Crippen LogP contribution in [0, 0.1) is 17.0 Å². The van der Waals surface area contributed by atoms with E-state index in [4.69, 9.17) is 4.74 Å². The van der Waals surface area contributed by atoms with E-state index in [1.807, 2.05) is 6.07 Å². The van der Waals surface area contributed by atoms with Crippen LogP contribution in [0.5, 0.6) is 5.88 Å². The molecule has 3 heterocycles. The number of nitrogens with one attached hydrogen (secondary N) is 1. The van der Waals surface area contributed by atoms with Crippen molar-refractivity contribution >= 4 is 28.2 Å². The fourth-order valence-electron chi connectivity index (χ4n) is 3.56. The van der Waals surface area contributed by atoms with Gasteiger partial charge in [0.15, 0.2) is 0 Å². The van der Waals surface area contributed by atoms with E-state index in [0.717, 1.165) is 36.7 Å². The second kappa shape index (κ2) is 9.05. The number of hydrogen-bond donors (Lipinski definition) is 1. The number of rotatable bonds is 7. The first-order chi connectivity index (χ1) is 15.0. The summed E-state index contributed by atoms with van der Waals surface area (Å²) in [6, 6.07) is 10.1. The van der Waals surface area contributed by atoms with Gasteiger partial charge in [0.2, 0.25) is 5.88 Å². The van der Waals surface area contributed by atoms with Gasteiger partial charge in [-0.15, -0.1) is 0 Å². The van der Waals surface area contributed by atoms with E-state index in [2.05, 4.69) is 20.2 Å². The molecular weight excluding hydrogens is 398 g/mol. The van der Waals surface area contributed by atoms with Gasteiger partial charge in [-0.05, 0) is 57.1 Å². The molecule has 0 bridgehead atoms. The van der Waals surface area contributed by atoms with Crippen LogP contribution in [0.4, 0.5) is 11.4 Å². The van der Waals surface area contributed by atoms with Crippen molar-refractivity contribution in [3.05, 3.63) is 64.0 Å². The van der Waals surface area contributed by atoms with Gasteiger partial charge in [-0.25, -0.2) is 4.98 Å². The molecular formula is C22H23N5O4. The van der Waals surface area contributed by atoms with Crippen molar-refractivity contribution < 1.29 is 14.5 Å². The molecule has 1 aliphatic heterocycles. The Balaban J connectivity index is 1.44. The smallest absolute Gasteiger partial charge is 0.289 e. The Morgan fingerprint density at radius 2 is 2.03 bits per heavy atom. The van der Waals surface area contributed by atoms with Crippen LogP contribution in [-0.2, 0) is 0 Å². The molecule has 1 aliphatic rings.